The third-order valence-corrected chi connectivity index (χ3v) is 2.74. The third-order valence-electron chi connectivity index (χ3n) is 2.74. The van der Waals surface area contributed by atoms with Crippen molar-refractivity contribution in [2.75, 3.05) is 6.54 Å². The van der Waals surface area contributed by atoms with Gasteiger partial charge in [-0.2, -0.15) is 0 Å². The lowest BCUT2D eigenvalue weighted by atomic mass is 10.1. The summed E-state index contributed by atoms with van der Waals surface area (Å²) in [6.07, 6.45) is 1.15. The van der Waals surface area contributed by atoms with Crippen LogP contribution in [0.2, 0.25) is 0 Å². The number of para-hydroxylation sites is 1. The Hall–Kier alpha value is -1.55. The van der Waals surface area contributed by atoms with Crippen molar-refractivity contribution in [3.8, 4) is 5.75 Å². The minimum atomic E-state index is -0.499. The van der Waals surface area contributed by atoms with Crippen LogP contribution < -0.4 is 15.8 Å². The maximum absolute atomic E-state index is 11.8. The van der Waals surface area contributed by atoms with E-state index in [1.54, 1.807) is 6.92 Å². The summed E-state index contributed by atoms with van der Waals surface area (Å²) in [5.41, 5.74) is 6.85. The number of nitrogens with one attached hydrogen (secondary N) is 1. The van der Waals surface area contributed by atoms with E-state index in [1.807, 2.05) is 38.1 Å². The molecule has 2 unspecified atom stereocenters. The number of carbonyl (C=O) groups is 1. The van der Waals surface area contributed by atoms with Crippen molar-refractivity contribution in [3.63, 3.8) is 0 Å². The van der Waals surface area contributed by atoms with Gasteiger partial charge in [0.1, 0.15) is 5.75 Å². The first kappa shape index (κ1) is 15.5. The summed E-state index contributed by atoms with van der Waals surface area (Å²) in [5.74, 6) is 0.649. The smallest absolute Gasteiger partial charge is 0.260 e. The maximum Gasteiger partial charge on any atom is 0.260 e. The number of hydrogen-bond acceptors (Lipinski definition) is 3. The zero-order valence-corrected chi connectivity index (χ0v) is 12.0. The number of amides is 1. The first-order valence-corrected chi connectivity index (χ1v) is 6.82. The van der Waals surface area contributed by atoms with Gasteiger partial charge in [-0.1, -0.05) is 25.1 Å². The van der Waals surface area contributed by atoms with Gasteiger partial charge in [0.2, 0.25) is 0 Å². The van der Waals surface area contributed by atoms with Crippen LogP contribution in [0, 0.1) is 0 Å². The molecule has 0 fully saturated rings. The van der Waals surface area contributed by atoms with E-state index in [0.29, 0.717) is 6.54 Å². The molecule has 0 saturated carbocycles. The molecule has 2 atom stereocenters. The van der Waals surface area contributed by atoms with Crippen LogP contribution in [-0.4, -0.2) is 24.6 Å². The van der Waals surface area contributed by atoms with E-state index in [4.69, 9.17) is 10.5 Å². The van der Waals surface area contributed by atoms with Crippen molar-refractivity contribution in [1.82, 2.24) is 5.32 Å². The maximum atomic E-state index is 11.8. The van der Waals surface area contributed by atoms with Crippen molar-refractivity contribution in [2.45, 2.75) is 45.8 Å². The number of hydrogen-bond donors (Lipinski definition) is 2. The standard InChI is InChI=1S/C15H24N2O2/c1-4-9-17-15(18)12(3)19-14-8-6-5-7-13(14)10-11(2)16/h5-8,11-12H,4,9-10,16H2,1-3H3,(H,17,18). The number of ether oxygens (including phenoxy) is 1. The van der Waals surface area contributed by atoms with Crippen LogP contribution in [0.25, 0.3) is 0 Å². The van der Waals surface area contributed by atoms with Gasteiger partial charge in [-0.25, -0.2) is 0 Å². The average molecular weight is 264 g/mol. The Morgan fingerprint density at radius 3 is 2.68 bits per heavy atom. The van der Waals surface area contributed by atoms with E-state index in [1.165, 1.54) is 0 Å². The molecule has 0 aliphatic heterocycles. The molecule has 0 spiro atoms. The van der Waals surface area contributed by atoms with Gasteiger partial charge in [0, 0.05) is 12.6 Å². The molecule has 0 heterocycles. The van der Waals surface area contributed by atoms with E-state index < -0.39 is 6.10 Å². The summed E-state index contributed by atoms with van der Waals surface area (Å²) in [5, 5.41) is 2.82. The lowest BCUT2D eigenvalue weighted by Gasteiger charge is -2.17. The molecule has 0 aliphatic carbocycles. The third kappa shape index (κ3) is 5.30. The number of nitrogens with two attached hydrogens (primary N) is 1. The average Bonchev–Trinajstić information content (AvgIpc) is 2.37. The predicted octanol–water partition coefficient (Wildman–Crippen LogP) is 1.87. The first-order chi connectivity index (χ1) is 9.04. The molecular formula is C15H24N2O2. The van der Waals surface area contributed by atoms with Gasteiger partial charge < -0.3 is 15.8 Å². The normalized spacial score (nSPS) is 13.7. The molecule has 1 amide bonds. The topological polar surface area (TPSA) is 64.3 Å². The van der Waals surface area contributed by atoms with Crippen LogP contribution in [0.1, 0.15) is 32.8 Å². The van der Waals surface area contributed by atoms with E-state index in [9.17, 15) is 4.79 Å². The zero-order chi connectivity index (χ0) is 14.3. The molecule has 0 bridgehead atoms. The Bertz CT molecular complexity index is 405. The molecule has 1 rings (SSSR count). The van der Waals surface area contributed by atoms with E-state index in [-0.39, 0.29) is 11.9 Å². The number of rotatable bonds is 7. The fraction of sp³-hybridized carbons (Fsp3) is 0.533. The summed E-state index contributed by atoms with van der Waals surface area (Å²) < 4.78 is 5.74. The number of benzene rings is 1. The highest BCUT2D eigenvalue weighted by Crippen LogP contribution is 2.20. The van der Waals surface area contributed by atoms with Crippen LogP contribution in [-0.2, 0) is 11.2 Å². The summed E-state index contributed by atoms with van der Waals surface area (Å²) in [7, 11) is 0. The lowest BCUT2D eigenvalue weighted by molar-refractivity contribution is -0.127. The SMILES string of the molecule is CCCNC(=O)C(C)Oc1ccccc1CC(C)N. The molecule has 0 aliphatic rings. The molecule has 4 nitrogen and oxygen atoms in total. The fourth-order valence-corrected chi connectivity index (χ4v) is 1.77. The molecular weight excluding hydrogens is 240 g/mol. The minimum Gasteiger partial charge on any atom is -0.481 e. The highest BCUT2D eigenvalue weighted by molar-refractivity contribution is 5.80. The van der Waals surface area contributed by atoms with Gasteiger partial charge in [-0.15, -0.1) is 0 Å². The molecule has 0 radical (unpaired) electrons. The Kier molecular flexibility index (Phi) is 6.36. The van der Waals surface area contributed by atoms with Crippen molar-refractivity contribution in [3.05, 3.63) is 29.8 Å². The van der Waals surface area contributed by atoms with Crippen molar-refractivity contribution in [2.24, 2.45) is 5.73 Å². The minimum absolute atomic E-state index is 0.0639. The second kappa shape index (κ2) is 7.79. The van der Waals surface area contributed by atoms with Gasteiger partial charge >= 0.3 is 0 Å². The highest BCUT2D eigenvalue weighted by Gasteiger charge is 2.15. The van der Waals surface area contributed by atoms with Crippen molar-refractivity contribution in [1.29, 1.82) is 0 Å². The second-order valence-electron chi connectivity index (χ2n) is 4.84. The van der Waals surface area contributed by atoms with Crippen LogP contribution in [0.5, 0.6) is 5.75 Å². The van der Waals surface area contributed by atoms with Crippen molar-refractivity contribution < 1.29 is 9.53 Å². The Morgan fingerprint density at radius 1 is 1.37 bits per heavy atom. The molecule has 19 heavy (non-hydrogen) atoms. The molecule has 0 aromatic heterocycles. The summed E-state index contributed by atoms with van der Waals surface area (Å²) in [6, 6.07) is 7.77. The number of carbonyl (C=O) groups excluding carboxylic acids is 1. The van der Waals surface area contributed by atoms with Gasteiger partial charge in [-0.3, -0.25) is 4.79 Å². The van der Waals surface area contributed by atoms with Crippen LogP contribution >= 0.6 is 0 Å². The van der Waals surface area contributed by atoms with Gasteiger partial charge in [-0.05, 0) is 38.3 Å². The van der Waals surface area contributed by atoms with Gasteiger partial charge in [0.15, 0.2) is 6.10 Å². The Labute approximate surface area is 115 Å². The monoisotopic (exact) mass is 264 g/mol. The second-order valence-corrected chi connectivity index (χ2v) is 4.84. The Balaban J connectivity index is 2.67. The van der Waals surface area contributed by atoms with Crippen LogP contribution in [0.3, 0.4) is 0 Å². The van der Waals surface area contributed by atoms with Crippen LogP contribution in [0.4, 0.5) is 0 Å². The Morgan fingerprint density at radius 2 is 2.05 bits per heavy atom. The quantitative estimate of drug-likeness (QED) is 0.790. The molecule has 3 N–H and O–H groups in total. The molecule has 106 valence electrons. The summed E-state index contributed by atoms with van der Waals surface area (Å²) in [4.78, 5) is 11.8. The van der Waals surface area contributed by atoms with E-state index in [2.05, 4.69) is 5.32 Å². The zero-order valence-electron chi connectivity index (χ0n) is 12.0. The first-order valence-electron chi connectivity index (χ1n) is 6.82. The van der Waals surface area contributed by atoms with Crippen LogP contribution in [0.15, 0.2) is 24.3 Å². The predicted molar refractivity (Wildman–Crippen MR) is 77.2 cm³/mol. The molecule has 0 saturated heterocycles. The highest BCUT2D eigenvalue weighted by atomic mass is 16.5. The lowest BCUT2D eigenvalue weighted by Crippen LogP contribution is -2.36. The fourth-order valence-electron chi connectivity index (χ4n) is 1.77. The van der Waals surface area contributed by atoms with Gasteiger partial charge in [0.25, 0.3) is 5.91 Å². The summed E-state index contributed by atoms with van der Waals surface area (Å²) in [6.45, 7) is 6.40. The molecule has 4 heteroatoms. The van der Waals surface area contributed by atoms with Gasteiger partial charge in [0.05, 0.1) is 0 Å². The largest absolute Gasteiger partial charge is 0.481 e. The molecule has 1 aromatic rings. The van der Waals surface area contributed by atoms with Crippen molar-refractivity contribution >= 4 is 5.91 Å². The van der Waals surface area contributed by atoms with E-state index in [0.717, 1.165) is 24.2 Å². The van der Waals surface area contributed by atoms with E-state index >= 15 is 0 Å². The molecule has 1 aromatic carbocycles. The summed E-state index contributed by atoms with van der Waals surface area (Å²) >= 11 is 0.